The van der Waals surface area contributed by atoms with Crippen LogP contribution < -0.4 is 10.0 Å². The number of thiophene rings is 1. The van der Waals surface area contributed by atoms with E-state index in [1.807, 2.05) is 17.5 Å². The van der Waals surface area contributed by atoms with Gasteiger partial charge >= 0.3 is 0 Å². The van der Waals surface area contributed by atoms with Crippen LogP contribution in [0.5, 0.6) is 0 Å². The largest absolute Gasteiger partial charge is 0.313 e. The molecule has 0 spiro atoms. The first-order chi connectivity index (χ1) is 8.66. The van der Waals surface area contributed by atoms with Crippen LogP contribution in [0.15, 0.2) is 17.5 Å². The Morgan fingerprint density at radius 1 is 1.44 bits per heavy atom. The molecular weight excluding hydrogens is 268 g/mol. The summed E-state index contributed by atoms with van der Waals surface area (Å²) < 4.78 is 26.4. The molecule has 18 heavy (non-hydrogen) atoms. The minimum Gasteiger partial charge on any atom is -0.313 e. The average molecular weight is 288 g/mol. The molecule has 0 aliphatic carbocycles. The molecule has 1 saturated heterocycles. The van der Waals surface area contributed by atoms with Gasteiger partial charge in [0.15, 0.2) is 0 Å². The summed E-state index contributed by atoms with van der Waals surface area (Å²) in [7, 11) is -3.14. The third kappa shape index (κ3) is 4.68. The Morgan fingerprint density at radius 3 is 3.00 bits per heavy atom. The van der Waals surface area contributed by atoms with Gasteiger partial charge in [-0.3, -0.25) is 0 Å². The molecule has 4 nitrogen and oxygen atoms in total. The van der Waals surface area contributed by atoms with Crippen LogP contribution in [-0.2, 0) is 16.4 Å². The highest BCUT2D eigenvalue weighted by atomic mass is 32.2. The van der Waals surface area contributed by atoms with Gasteiger partial charge < -0.3 is 5.32 Å². The maximum atomic E-state index is 11.9. The number of sulfonamides is 1. The molecule has 0 amide bonds. The Hall–Kier alpha value is -0.430. The second kappa shape index (κ2) is 6.65. The lowest BCUT2D eigenvalue weighted by atomic mass is 10.1. The van der Waals surface area contributed by atoms with Crippen molar-refractivity contribution in [1.82, 2.24) is 10.0 Å². The fourth-order valence-corrected chi connectivity index (χ4v) is 4.23. The van der Waals surface area contributed by atoms with Gasteiger partial charge in [0, 0.05) is 17.5 Å². The predicted octanol–water partition coefficient (Wildman–Crippen LogP) is 1.35. The lowest BCUT2D eigenvalue weighted by Crippen LogP contribution is -2.42. The molecule has 2 heterocycles. The first kappa shape index (κ1) is 14.0. The zero-order chi connectivity index (χ0) is 12.8. The Bertz CT molecular complexity index is 437. The van der Waals surface area contributed by atoms with Crippen molar-refractivity contribution < 1.29 is 8.42 Å². The van der Waals surface area contributed by atoms with Gasteiger partial charge in [0.1, 0.15) is 0 Å². The van der Waals surface area contributed by atoms with E-state index >= 15 is 0 Å². The summed E-state index contributed by atoms with van der Waals surface area (Å²) in [5, 5.41) is 5.27. The summed E-state index contributed by atoms with van der Waals surface area (Å²) in [5.74, 6) is 0.206. The van der Waals surface area contributed by atoms with Crippen LogP contribution in [0, 0.1) is 0 Å². The number of piperidine rings is 1. The van der Waals surface area contributed by atoms with Crippen molar-refractivity contribution in [3.05, 3.63) is 22.4 Å². The van der Waals surface area contributed by atoms with Crippen molar-refractivity contribution in [2.45, 2.75) is 31.7 Å². The number of rotatable bonds is 6. The van der Waals surface area contributed by atoms with Gasteiger partial charge in [-0.1, -0.05) is 12.5 Å². The van der Waals surface area contributed by atoms with Crippen molar-refractivity contribution in [2.24, 2.45) is 0 Å². The van der Waals surface area contributed by atoms with Gasteiger partial charge in [-0.25, -0.2) is 13.1 Å². The van der Waals surface area contributed by atoms with Gasteiger partial charge in [-0.15, -0.1) is 11.3 Å². The zero-order valence-electron chi connectivity index (χ0n) is 10.4. The van der Waals surface area contributed by atoms with Gasteiger partial charge in [-0.05, 0) is 37.3 Å². The third-order valence-electron chi connectivity index (χ3n) is 3.11. The molecule has 2 rings (SSSR count). The molecule has 1 fully saturated rings. The van der Waals surface area contributed by atoms with E-state index < -0.39 is 10.0 Å². The Morgan fingerprint density at radius 2 is 2.33 bits per heavy atom. The molecule has 0 aromatic carbocycles. The van der Waals surface area contributed by atoms with E-state index in [0.29, 0.717) is 6.54 Å². The van der Waals surface area contributed by atoms with Crippen LogP contribution in [0.2, 0.25) is 0 Å². The van der Waals surface area contributed by atoms with E-state index in [0.717, 1.165) is 32.2 Å². The van der Waals surface area contributed by atoms with E-state index in [-0.39, 0.29) is 11.8 Å². The standard InChI is InChI=1S/C12H20N2O2S2/c15-18(16,10-11-4-1-2-7-13-11)14-8-6-12-5-3-9-17-12/h3,5,9,11,13-14H,1-2,4,6-8,10H2. The molecular formula is C12H20N2O2S2. The highest BCUT2D eigenvalue weighted by molar-refractivity contribution is 7.89. The fourth-order valence-electron chi connectivity index (χ4n) is 2.17. The quantitative estimate of drug-likeness (QED) is 0.831. The summed E-state index contributed by atoms with van der Waals surface area (Å²) >= 11 is 1.66. The maximum Gasteiger partial charge on any atom is 0.213 e. The van der Waals surface area contributed by atoms with E-state index in [4.69, 9.17) is 0 Å². The molecule has 1 unspecified atom stereocenters. The zero-order valence-corrected chi connectivity index (χ0v) is 12.0. The van der Waals surface area contributed by atoms with Crippen molar-refractivity contribution in [3.63, 3.8) is 0 Å². The first-order valence-corrected chi connectivity index (χ1v) is 8.92. The molecule has 1 aromatic heterocycles. The van der Waals surface area contributed by atoms with Gasteiger partial charge in [0.25, 0.3) is 0 Å². The minimum absolute atomic E-state index is 0.123. The molecule has 102 valence electrons. The lowest BCUT2D eigenvalue weighted by molar-refractivity contribution is 0.422. The normalized spacial score (nSPS) is 21.0. The molecule has 0 saturated carbocycles. The van der Waals surface area contributed by atoms with Crippen LogP contribution in [0.25, 0.3) is 0 Å². The highest BCUT2D eigenvalue weighted by Gasteiger charge is 2.20. The van der Waals surface area contributed by atoms with Gasteiger partial charge in [0.05, 0.1) is 5.75 Å². The van der Waals surface area contributed by atoms with Crippen molar-refractivity contribution in [3.8, 4) is 0 Å². The number of hydrogen-bond acceptors (Lipinski definition) is 4. The van der Waals surface area contributed by atoms with Crippen molar-refractivity contribution in [1.29, 1.82) is 0 Å². The summed E-state index contributed by atoms with van der Waals surface area (Å²) in [4.78, 5) is 1.22. The van der Waals surface area contributed by atoms with E-state index in [2.05, 4.69) is 10.0 Å². The van der Waals surface area contributed by atoms with Crippen LogP contribution >= 0.6 is 11.3 Å². The monoisotopic (exact) mass is 288 g/mol. The molecule has 1 aliphatic heterocycles. The Balaban J connectivity index is 1.73. The van der Waals surface area contributed by atoms with Crippen molar-refractivity contribution >= 4 is 21.4 Å². The van der Waals surface area contributed by atoms with Gasteiger partial charge in [-0.2, -0.15) is 0 Å². The average Bonchev–Trinajstić information content (AvgIpc) is 2.82. The minimum atomic E-state index is -3.14. The first-order valence-electron chi connectivity index (χ1n) is 6.39. The van der Waals surface area contributed by atoms with E-state index in [1.54, 1.807) is 11.3 Å². The summed E-state index contributed by atoms with van der Waals surface area (Å²) in [6.45, 7) is 1.44. The van der Waals surface area contributed by atoms with E-state index in [9.17, 15) is 8.42 Å². The second-order valence-corrected chi connectivity index (χ2v) is 7.54. The topological polar surface area (TPSA) is 58.2 Å². The van der Waals surface area contributed by atoms with Crippen LogP contribution in [-0.4, -0.2) is 33.3 Å². The highest BCUT2D eigenvalue weighted by Crippen LogP contribution is 2.10. The number of nitrogens with one attached hydrogen (secondary N) is 2. The van der Waals surface area contributed by atoms with E-state index in [1.165, 1.54) is 4.88 Å². The maximum absolute atomic E-state index is 11.9. The summed E-state index contributed by atoms with van der Waals surface area (Å²) in [5.41, 5.74) is 0. The fraction of sp³-hybridized carbons (Fsp3) is 0.667. The van der Waals surface area contributed by atoms with Crippen LogP contribution in [0.4, 0.5) is 0 Å². The lowest BCUT2D eigenvalue weighted by Gasteiger charge is -2.23. The molecule has 2 N–H and O–H groups in total. The Kier molecular flexibility index (Phi) is 5.17. The van der Waals surface area contributed by atoms with Crippen molar-refractivity contribution in [2.75, 3.05) is 18.8 Å². The molecule has 0 radical (unpaired) electrons. The number of hydrogen-bond donors (Lipinski definition) is 2. The molecule has 1 atom stereocenters. The Labute approximate surface area is 113 Å². The predicted molar refractivity (Wildman–Crippen MR) is 75.5 cm³/mol. The molecule has 6 heteroatoms. The summed E-state index contributed by atoms with van der Waals surface area (Å²) in [6, 6.07) is 4.14. The molecule has 1 aliphatic rings. The van der Waals surface area contributed by atoms with Gasteiger partial charge in [0.2, 0.25) is 10.0 Å². The van der Waals surface area contributed by atoms with Crippen LogP contribution in [0.3, 0.4) is 0 Å². The molecule has 1 aromatic rings. The summed E-state index contributed by atoms with van der Waals surface area (Å²) in [6.07, 6.45) is 4.02. The third-order valence-corrected chi connectivity index (χ3v) is 5.53. The smallest absolute Gasteiger partial charge is 0.213 e. The molecule has 0 bridgehead atoms. The second-order valence-electron chi connectivity index (χ2n) is 4.65. The van der Waals surface area contributed by atoms with Crippen LogP contribution in [0.1, 0.15) is 24.1 Å². The SMILES string of the molecule is O=S(=O)(CC1CCCCN1)NCCc1cccs1.